The molecule has 0 fully saturated rings. The van der Waals surface area contributed by atoms with Gasteiger partial charge in [0.25, 0.3) is 10.0 Å². The molecule has 0 bridgehead atoms. The number of hydrogen-bond donors (Lipinski definition) is 1. The van der Waals surface area contributed by atoms with E-state index < -0.39 is 28.5 Å². The first-order valence-corrected chi connectivity index (χ1v) is 16.4. The fourth-order valence-corrected chi connectivity index (χ4v) is 6.45. The lowest BCUT2D eigenvalue weighted by Crippen LogP contribution is -2.53. The second-order valence-electron chi connectivity index (χ2n) is 11.2. The first kappa shape index (κ1) is 32.5. The zero-order valence-corrected chi connectivity index (χ0v) is 26.6. The molecule has 1 atom stereocenters. The van der Waals surface area contributed by atoms with Gasteiger partial charge in [-0.2, -0.15) is 0 Å². The van der Waals surface area contributed by atoms with Gasteiger partial charge in [0.05, 0.1) is 10.6 Å². The molecule has 4 rings (SSSR count). The fourth-order valence-electron chi connectivity index (χ4n) is 5.01. The van der Waals surface area contributed by atoms with Gasteiger partial charge in [0.2, 0.25) is 11.8 Å². The molecule has 44 heavy (non-hydrogen) atoms. The third-order valence-corrected chi connectivity index (χ3v) is 9.34. The van der Waals surface area contributed by atoms with E-state index >= 15 is 0 Å². The Hall–Kier alpha value is -4.43. The van der Waals surface area contributed by atoms with Crippen molar-refractivity contribution in [2.24, 2.45) is 0 Å². The molecule has 7 nitrogen and oxygen atoms in total. The predicted octanol–water partition coefficient (Wildman–Crippen LogP) is 6.09. The van der Waals surface area contributed by atoms with Crippen LogP contribution in [0.4, 0.5) is 5.69 Å². The monoisotopic (exact) mass is 611 g/mol. The number of hydrogen-bond acceptors (Lipinski definition) is 4. The number of carbonyl (C=O) groups is 2. The zero-order chi connectivity index (χ0) is 31.7. The van der Waals surface area contributed by atoms with E-state index in [2.05, 4.69) is 19.2 Å². The van der Waals surface area contributed by atoms with Crippen LogP contribution in [0.3, 0.4) is 0 Å². The normalized spacial score (nSPS) is 12.0. The van der Waals surface area contributed by atoms with Crippen LogP contribution in [0, 0.1) is 6.92 Å². The molecule has 4 aromatic rings. The van der Waals surface area contributed by atoms with E-state index in [-0.39, 0.29) is 29.7 Å². The minimum absolute atomic E-state index is 0.0791. The second kappa shape index (κ2) is 14.8. The maximum absolute atomic E-state index is 14.4. The van der Waals surface area contributed by atoms with Crippen molar-refractivity contribution in [3.8, 4) is 0 Å². The molecule has 8 heteroatoms. The number of aryl methyl sites for hydroxylation is 1. The lowest BCUT2D eigenvalue weighted by molar-refractivity contribution is -0.140. The SMILES string of the molecule is CCNC(=O)C(Cc1ccccc1)N(Cc1ccc(C)cc1)C(=O)CN(c1ccc(C(C)C)cc1)S(=O)(=O)c1ccccc1. The molecular weight excluding hydrogens is 570 g/mol. The van der Waals surface area contributed by atoms with Crippen LogP contribution in [-0.2, 0) is 32.6 Å². The number of nitrogens with one attached hydrogen (secondary N) is 1. The molecule has 0 saturated carbocycles. The molecule has 0 spiro atoms. The summed E-state index contributed by atoms with van der Waals surface area (Å²) in [6.07, 6.45) is 0.277. The first-order valence-electron chi connectivity index (χ1n) is 14.9. The Morgan fingerprint density at radius 3 is 1.93 bits per heavy atom. The largest absolute Gasteiger partial charge is 0.355 e. The molecule has 0 radical (unpaired) electrons. The van der Waals surface area contributed by atoms with Gasteiger partial charge in [0.1, 0.15) is 12.6 Å². The quantitative estimate of drug-likeness (QED) is 0.198. The fraction of sp³-hybridized carbons (Fsp3) is 0.278. The first-order chi connectivity index (χ1) is 21.1. The summed E-state index contributed by atoms with van der Waals surface area (Å²) in [5.74, 6) is -0.522. The molecule has 230 valence electrons. The second-order valence-corrected chi connectivity index (χ2v) is 13.0. The summed E-state index contributed by atoms with van der Waals surface area (Å²) < 4.78 is 29.3. The van der Waals surface area contributed by atoms with Crippen molar-refractivity contribution in [3.05, 3.63) is 131 Å². The molecule has 0 heterocycles. The Bertz CT molecular complexity index is 1620. The van der Waals surface area contributed by atoms with Crippen LogP contribution in [0.15, 0.2) is 114 Å². The van der Waals surface area contributed by atoms with E-state index in [4.69, 9.17) is 0 Å². The molecule has 0 saturated heterocycles. The van der Waals surface area contributed by atoms with E-state index in [9.17, 15) is 18.0 Å². The molecular formula is C36H41N3O4S. The highest BCUT2D eigenvalue weighted by Crippen LogP contribution is 2.27. The Morgan fingerprint density at radius 2 is 1.36 bits per heavy atom. The summed E-state index contributed by atoms with van der Waals surface area (Å²) in [6, 6.07) is 31.8. The average molecular weight is 612 g/mol. The Kier molecular flexibility index (Phi) is 11.0. The number of rotatable bonds is 13. The van der Waals surface area contributed by atoms with Gasteiger partial charge in [-0.1, -0.05) is 104 Å². The van der Waals surface area contributed by atoms with Gasteiger partial charge in [0, 0.05) is 19.5 Å². The molecule has 0 aliphatic rings. The maximum Gasteiger partial charge on any atom is 0.264 e. The summed E-state index contributed by atoms with van der Waals surface area (Å²) in [5.41, 5.74) is 4.23. The van der Waals surface area contributed by atoms with Crippen molar-refractivity contribution in [3.63, 3.8) is 0 Å². The van der Waals surface area contributed by atoms with Crippen molar-refractivity contribution < 1.29 is 18.0 Å². The minimum atomic E-state index is -4.12. The molecule has 0 aromatic heterocycles. The van der Waals surface area contributed by atoms with Gasteiger partial charge in [-0.3, -0.25) is 13.9 Å². The minimum Gasteiger partial charge on any atom is -0.355 e. The molecule has 1 unspecified atom stereocenters. The van der Waals surface area contributed by atoms with Gasteiger partial charge in [-0.25, -0.2) is 8.42 Å². The number of amides is 2. The summed E-state index contributed by atoms with van der Waals surface area (Å²) in [4.78, 5) is 29.6. The summed E-state index contributed by atoms with van der Waals surface area (Å²) in [6.45, 7) is 8.00. The number of carbonyl (C=O) groups excluding carboxylic acids is 2. The van der Waals surface area contributed by atoms with Crippen LogP contribution in [0.25, 0.3) is 0 Å². The van der Waals surface area contributed by atoms with Gasteiger partial charge in [-0.05, 0) is 60.7 Å². The molecule has 2 amide bonds. The third-order valence-electron chi connectivity index (χ3n) is 7.55. The molecule has 1 N–H and O–H groups in total. The predicted molar refractivity (Wildman–Crippen MR) is 176 cm³/mol. The Morgan fingerprint density at radius 1 is 0.773 bits per heavy atom. The number of anilines is 1. The Balaban J connectivity index is 1.79. The van der Waals surface area contributed by atoms with E-state index in [1.807, 2.05) is 80.6 Å². The number of nitrogens with zero attached hydrogens (tertiary/aromatic N) is 2. The lowest BCUT2D eigenvalue weighted by Gasteiger charge is -2.34. The molecule has 0 aliphatic carbocycles. The van der Waals surface area contributed by atoms with E-state index in [1.165, 1.54) is 17.0 Å². The smallest absolute Gasteiger partial charge is 0.264 e. The van der Waals surface area contributed by atoms with Gasteiger partial charge < -0.3 is 10.2 Å². The van der Waals surface area contributed by atoms with Crippen LogP contribution in [-0.4, -0.2) is 44.3 Å². The van der Waals surface area contributed by atoms with Crippen molar-refractivity contribution in [1.82, 2.24) is 10.2 Å². The van der Waals surface area contributed by atoms with Crippen molar-refractivity contribution in [1.29, 1.82) is 0 Å². The zero-order valence-electron chi connectivity index (χ0n) is 25.8. The van der Waals surface area contributed by atoms with Gasteiger partial charge >= 0.3 is 0 Å². The number of likely N-dealkylation sites (N-methyl/N-ethyl adjacent to an activating group) is 1. The van der Waals surface area contributed by atoms with E-state index in [0.717, 1.165) is 26.6 Å². The number of sulfonamides is 1. The van der Waals surface area contributed by atoms with Crippen molar-refractivity contribution in [2.45, 2.75) is 57.5 Å². The summed E-state index contributed by atoms with van der Waals surface area (Å²) in [5, 5.41) is 2.89. The van der Waals surface area contributed by atoms with Gasteiger partial charge in [0.15, 0.2) is 0 Å². The standard InChI is InChI=1S/C36H41N3O4S/c1-5-37-36(41)34(24-29-12-8-6-9-13-29)38(25-30-18-16-28(4)17-19-30)35(40)26-39(32-22-20-31(21-23-32)27(2)3)44(42,43)33-14-10-7-11-15-33/h6-23,27,34H,5,24-26H2,1-4H3,(H,37,41). The highest BCUT2D eigenvalue weighted by atomic mass is 32.2. The Labute approximate surface area is 261 Å². The third kappa shape index (κ3) is 8.14. The van der Waals surface area contributed by atoms with Crippen LogP contribution >= 0.6 is 0 Å². The maximum atomic E-state index is 14.4. The van der Waals surface area contributed by atoms with E-state index in [0.29, 0.717) is 12.2 Å². The molecule has 0 aliphatic heterocycles. The van der Waals surface area contributed by atoms with E-state index in [1.54, 1.807) is 30.3 Å². The van der Waals surface area contributed by atoms with Crippen LogP contribution in [0.1, 0.15) is 48.9 Å². The molecule has 4 aromatic carbocycles. The van der Waals surface area contributed by atoms with Crippen LogP contribution in [0.2, 0.25) is 0 Å². The lowest BCUT2D eigenvalue weighted by atomic mass is 10.0. The average Bonchev–Trinajstić information content (AvgIpc) is 3.03. The summed E-state index contributed by atoms with van der Waals surface area (Å²) in [7, 11) is -4.12. The highest BCUT2D eigenvalue weighted by molar-refractivity contribution is 7.92. The summed E-state index contributed by atoms with van der Waals surface area (Å²) >= 11 is 0. The van der Waals surface area contributed by atoms with Gasteiger partial charge in [-0.15, -0.1) is 0 Å². The highest BCUT2D eigenvalue weighted by Gasteiger charge is 2.34. The topological polar surface area (TPSA) is 86.8 Å². The van der Waals surface area contributed by atoms with Crippen LogP contribution < -0.4 is 9.62 Å². The number of benzene rings is 4. The van der Waals surface area contributed by atoms with Crippen molar-refractivity contribution in [2.75, 3.05) is 17.4 Å². The van der Waals surface area contributed by atoms with Crippen LogP contribution in [0.5, 0.6) is 0 Å². The van der Waals surface area contributed by atoms with Crippen molar-refractivity contribution >= 4 is 27.5 Å².